The van der Waals surface area contributed by atoms with E-state index in [0.717, 1.165) is 0 Å². The maximum atomic E-state index is 11.2. The first kappa shape index (κ1) is 10.1. The van der Waals surface area contributed by atoms with Crippen LogP contribution in [0.5, 0.6) is 11.5 Å². The van der Waals surface area contributed by atoms with E-state index in [1.54, 1.807) is 18.2 Å². The Labute approximate surface area is 91.8 Å². The molecule has 1 aliphatic rings. The Morgan fingerprint density at radius 3 is 3.06 bits per heavy atom. The summed E-state index contributed by atoms with van der Waals surface area (Å²) >= 11 is 0. The van der Waals surface area contributed by atoms with Crippen LogP contribution in [0.25, 0.3) is 0 Å². The smallest absolute Gasteiger partial charge is 0.320 e. The second-order valence-electron chi connectivity index (χ2n) is 3.03. The molecule has 1 aliphatic heterocycles. The van der Waals surface area contributed by atoms with Crippen molar-refractivity contribution < 1.29 is 14.3 Å². The van der Waals surface area contributed by atoms with Crippen molar-refractivity contribution in [2.24, 2.45) is 0 Å². The van der Waals surface area contributed by atoms with Crippen molar-refractivity contribution >= 4 is 11.7 Å². The van der Waals surface area contributed by atoms with E-state index in [9.17, 15) is 4.79 Å². The van der Waals surface area contributed by atoms with Gasteiger partial charge >= 0.3 is 6.03 Å². The molecule has 2 amide bonds. The molecule has 0 unspecified atom stereocenters. The molecule has 2 rings (SSSR count). The van der Waals surface area contributed by atoms with Crippen LogP contribution in [0.1, 0.15) is 0 Å². The number of benzene rings is 1. The zero-order valence-electron chi connectivity index (χ0n) is 8.32. The Kier molecular flexibility index (Phi) is 2.78. The SMILES string of the molecule is N#CCNC(=O)Nc1ccc2c(c1)OCO2. The highest BCUT2D eigenvalue weighted by Gasteiger charge is 2.13. The summed E-state index contributed by atoms with van der Waals surface area (Å²) in [5, 5.41) is 13.2. The average molecular weight is 219 g/mol. The molecule has 2 N–H and O–H groups in total. The number of urea groups is 1. The molecule has 0 atom stereocenters. The molecule has 0 bridgehead atoms. The van der Waals surface area contributed by atoms with Gasteiger partial charge in [-0.25, -0.2) is 4.79 Å². The molecule has 0 aliphatic carbocycles. The Balaban J connectivity index is 2.00. The van der Waals surface area contributed by atoms with Crippen LogP contribution in [0.3, 0.4) is 0 Å². The van der Waals surface area contributed by atoms with Gasteiger partial charge in [-0.1, -0.05) is 0 Å². The van der Waals surface area contributed by atoms with E-state index >= 15 is 0 Å². The summed E-state index contributed by atoms with van der Waals surface area (Å²) < 4.78 is 10.3. The van der Waals surface area contributed by atoms with Crippen LogP contribution in [0, 0.1) is 11.3 Å². The molecule has 82 valence electrons. The molecular weight excluding hydrogens is 210 g/mol. The van der Waals surface area contributed by atoms with Crippen molar-refractivity contribution in [1.29, 1.82) is 5.26 Å². The highest BCUT2D eigenvalue weighted by atomic mass is 16.7. The fraction of sp³-hybridized carbons (Fsp3) is 0.200. The van der Waals surface area contributed by atoms with Crippen molar-refractivity contribution in [2.75, 3.05) is 18.7 Å². The number of nitrogens with zero attached hydrogens (tertiary/aromatic N) is 1. The van der Waals surface area contributed by atoms with E-state index in [1.165, 1.54) is 0 Å². The van der Waals surface area contributed by atoms with E-state index in [1.807, 2.05) is 6.07 Å². The van der Waals surface area contributed by atoms with Crippen LogP contribution in [-0.4, -0.2) is 19.4 Å². The van der Waals surface area contributed by atoms with Gasteiger partial charge in [0.05, 0.1) is 6.07 Å². The summed E-state index contributed by atoms with van der Waals surface area (Å²) in [6.07, 6.45) is 0. The van der Waals surface area contributed by atoms with Crippen LogP contribution < -0.4 is 20.1 Å². The lowest BCUT2D eigenvalue weighted by molar-refractivity contribution is 0.174. The number of carbonyl (C=O) groups is 1. The van der Waals surface area contributed by atoms with Crippen LogP contribution in [0.15, 0.2) is 18.2 Å². The maximum Gasteiger partial charge on any atom is 0.320 e. The van der Waals surface area contributed by atoms with E-state index in [0.29, 0.717) is 17.2 Å². The number of anilines is 1. The number of fused-ring (bicyclic) bond motifs is 1. The highest BCUT2D eigenvalue weighted by Crippen LogP contribution is 2.34. The molecule has 1 heterocycles. The minimum absolute atomic E-state index is 0.0314. The fourth-order valence-corrected chi connectivity index (χ4v) is 1.27. The Bertz CT molecular complexity index is 453. The van der Waals surface area contributed by atoms with Crippen molar-refractivity contribution in [3.8, 4) is 17.6 Å². The Hall–Kier alpha value is -2.42. The molecule has 0 spiro atoms. The molecule has 0 saturated heterocycles. The van der Waals surface area contributed by atoms with Crippen molar-refractivity contribution in [1.82, 2.24) is 5.32 Å². The Morgan fingerprint density at radius 2 is 2.25 bits per heavy atom. The molecule has 6 nitrogen and oxygen atoms in total. The standard InChI is InChI=1S/C10H9N3O3/c11-3-4-12-10(14)13-7-1-2-8-9(5-7)16-6-15-8/h1-2,5H,4,6H2,(H2,12,13,14). The van der Waals surface area contributed by atoms with Gasteiger partial charge in [-0.2, -0.15) is 5.26 Å². The van der Waals surface area contributed by atoms with Crippen LogP contribution >= 0.6 is 0 Å². The first-order valence-corrected chi connectivity index (χ1v) is 4.61. The molecule has 0 fully saturated rings. The first-order chi connectivity index (χ1) is 7.79. The van der Waals surface area contributed by atoms with E-state index in [2.05, 4.69) is 10.6 Å². The van der Waals surface area contributed by atoms with Gasteiger partial charge in [0.15, 0.2) is 11.5 Å². The summed E-state index contributed by atoms with van der Waals surface area (Å²) in [5.41, 5.74) is 0.583. The quantitative estimate of drug-likeness (QED) is 0.728. The monoisotopic (exact) mass is 219 g/mol. The molecule has 1 aromatic carbocycles. The molecule has 0 radical (unpaired) electrons. The summed E-state index contributed by atoms with van der Waals surface area (Å²) in [6.45, 7) is 0.163. The number of nitrogens with one attached hydrogen (secondary N) is 2. The van der Waals surface area contributed by atoms with E-state index in [-0.39, 0.29) is 13.3 Å². The molecule has 6 heteroatoms. The lowest BCUT2D eigenvalue weighted by atomic mass is 10.3. The summed E-state index contributed by atoms with van der Waals surface area (Å²) in [7, 11) is 0. The molecule has 1 aromatic rings. The van der Waals surface area contributed by atoms with Crippen LogP contribution in [-0.2, 0) is 0 Å². The van der Waals surface area contributed by atoms with Gasteiger partial charge in [0.1, 0.15) is 6.54 Å². The normalized spacial score (nSPS) is 11.7. The minimum Gasteiger partial charge on any atom is -0.454 e. The second-order valence-corrected chi connectivity index (χ2v) is 3.03. The second kappa shape index (κ2) is 4.40. The third-order valence-electron chi connectivity index (χ3n) is 1.96. The van der Waals surface area contributed by atoms with Gasteiger partial charge in [-0.3, -0.25) is 0 Å². The third kappa shape index (κ3) is 2.15. The van der Waals surface area contributed by atoms with Gasteiger partial charge < -0.3 is 20.1 Å². The predicted octanol–water partition coefficient (Wildman–Crippen LogP) is 1.06. The van der Waals surface area contributed by atoms with Crippen LogP contribution in [0.2, 0.25) is 0 Å². The number of hydrogen-bond donors (Lipinski definition) is 2. The van der Waals surface area contributed by atoms with Crippen molar-refractivity contribution in [3.05, 3.63) is 18.2 Å². The number of amides is 2. The molecule has 16 heavy (non-hydrogen) atoms. The van der Waals surface area contributed by atoms with Gasteiger partial charge in [-0.05, 0) is 12.1 Å². The fourth-order valence-electron chi connectivity index (χ4n) is 1.27. The number of nitriles is 1. The first-order valence-electron chi connectivity index (χ1n) is 4.61. The molecule has 0 aromatic heterocycles. The summed E-state index contributed by atoms with van der Waals surface area (Å²) in [6, 6.07) is 6.44. The third-order valence-corrected chi connectivity index (χ3v) is 1.96. The zero-order chi connectivity index (χ0) is 11.4. The van der Waals surface area contributed by atoms with Crippen LogP contribution in [0.4, 0.5) is 10.5 Å². The van der Waals surface area contributed by atoms with E-state index < -0.39 is 6.03 Å². The van der Waals surface area contributed by atoms with Crippen molar-refractivity contribution in [2.45, 2.75) is 0 Å². The van der Waals surface area contributed by atoms with Gasteiger partial charge in [0, 0.05) is 11.8 Å². The average Bonchev–Trinajstić information content (AvgIpc) is 2.73. The lowest BCUT2D eigenvalue weighted by Crippen LogP contribution is -2.28. The number of ether oxygens (including phenoxy) is 2. The summed E-state index contributed by atoms with van der Waals surface area (Å²) in [5.74, 6) is 1.25. The number of carbonyl (C=O) groups excluding carboxylic acids is 1. The predicted molar refractivity (Wildman–Crippen MR) is 55.2 cm³/mol. The lowest BCUT2D eigenvalue weighted by Gasteiger charge is -2.05. The van der Waals surface area contributed by atoms with Gasteiger partial charge in [-0.15, -0.1) is 0 Å². The number of rotatable bonds is 2. The van der Waals surface area contributed by atoms with Gasteiger partial charge in [0.2, 0.25) is 6.79 Å². The molecular formula is C10H9N3O3. The highest BCUT2D eigenvalue weighted by molar-refractivity contribution is 5.89. The van der Waals surface area contributed by atoms with Crippen molar-refractivity contribution in [3.63, 3.8) is 0 Å². The minimum atomic E-state index is -0.430. The Morgan fingerprint density at radius 1 is 1.44 bits per heavy atom. The molecule has 0 saturated carbocycles. The number of hydrogen-bond acceptors (Lipinski definition) is 4. The topological polar surface area (TPSA) is 83.4 Å². The zero-order valence-corrected chi connectivity index (χ0v) is 8.32. The van der Waals surface area contributed by atoms with Gasteiger partial charge in [0.25, 0.3) is 0 Å². The van der Waals surface area contributed by atoms with E-state index in [4.69, 9.17) is 14.7 Å². The largest absolute Gasteiger partial charge is 0.454 e. The maximum absolute atomic E-state index is 11.2. The summed E-state index contributed by atoms with van der Waals surface area (Å²) in [4.78, 5) is 11.2.